The van der Waals surface area contributed by atoms with Crippen molar-refractivity contribution in [3.8, 4) is 5.69 Å². The van der Waals surface area contributed by atoms with Gasteiger partial charge in [-0.2, -0.15) is 0 Å². The summed E-state index contributed by atoms with van der Waals surface area (Å²) in [6, 6.07) is 10.2. The first kappa shape index (κ1) is 9.93. The molecule has 2 rings (SSSR count). The van der Waals surface area contributed by atoms with Gasteiger partial charge < -0.3 is 9.88 Å². The molecule has 3 nitrogen and oxygen atoms in total. The Morgan fingerprint density at radius 3 is 2.67 bits per heavy atom. The van der Waals surface area contributed by atoms with E-state index in [4.69, 9.17) is 0 Å². The number of hydrogen-bond donors (Lipinski definition) is 1. The molecule has 0 bridgehead atoms. The zero-order valence-corrected chi connectivity index (χ0v) is 9.07. The summed E-state index contributed by atoms with van der Waals surface area (Å²) in [4.78, 5) is 4.48. The van der Waals surface area contributed by atoms with Gasteiger partial charge in [-0.1, -0.05) is 18.2 Å². The van der Waals surface area contributed by atoms with Crippen molar-refractivity contribution in [2.24, 2.45) is 0 Å². The van der Waals surface area contributed by atoms with Crippen LogP contribution in [0.3, 0.4) is 0 Å². The zero-order valence-electron chi connectivity index (χ0n) is 9.07. The molecule has 1 heterocycles. The number of aryl methyl sites for hydroxylation is 1. The van der Waals surface area contributed by atoms with Crippen LogP contribution in [-0.4, -0.2) is 16.6 Å². The molecular formula is C12H15N3. The summed E-state index contributed by atoms with van der Waals surface area (Å²) in [6.45, 7) is 2.83. The van der Waals surface area contributed by atoms with Crippen molar-refractivity contribution in [3.05, 3.63) is 48.0 Å². The molecule has 15 heavy (non-hydrogen) atoms. The molecule has 1 aromatic heterocycles. The van der Waals surface area contributed by atoms with Gasteiger partial charge in [0, 0.05) is 18.4 Å². The number of aromatic nitrogens is 2. The standard InChI is InChI=1S/C12H15N3/c1-10-14-11(8-13-2)9-15(10)12-6-4-3-5-7-12/h3-7,9,13H,8H2,1-2H3. The third-order valence-electron chi connectivity index (χ3n) is 2.32. The molecule has 3 heteroatoms. The molecule has 0 atom stereocenters. The lowest BCUT2D eigenvalue weighted by Crippen LogP contribution is -2.04. The third kappa shape index (κ3) is 2.07. The topological polar surface area (TPSA) is 29.9 Å². The second-order valence-corrected chi connectivity index (χ2v) is 3.52. The summed E-state index contributed by atoms with van der Waals surface area (Å²) < 4.78 is 2.10. The Kier molecular flexibility index (Phi) is 2.83. The molecule has 0 aliphatic carbocycles. The third-order valence-corrected chi connectivity index (χ3v) is 2.32. The Morgan fingerprint density at radius 1 is 1.27 bits per heavy atom. The summed E-state index contributed by atoms with van der Waals surface area (Å²) in [5, 5.41) is 3.10. The number of nitrogens with zero attached hydrogens (tertiary/aromatic N) is 2. The molecule has 0 radical (unpaired) electrons. The fraction of sp³-hybridized carbons (Fsp3) is 0.250. The predicted octanol–water partition coefficient (Wildman–Crippen LogP) is 1.90. The number of nitrogens with one attached hydrogen (secondary N) is 1. The molecular weight excluding hydrogens is 186 g/mol. The average Bonchev–Trinajstić information content (AvgIpc) is 2.61. The Morgan fingerprint density at radius 2 is 2.00 bits per heavy atom. The maximum absolute atomic E-state index is 4.48. The van der Waals surface area contributed by atoms with Gasteiger partial charge in [-0.15, -0.1) is 0 Å². The summed E-state index contributed by atoms with van der Waals surface area (Å²) in [5.41, 5.74) is 2.23. The van der Waals surface area contributed by atoms with E-state index in [1.165, 1.54) is 0 Å². The van der Waals surface area contributed by atoms with E-state index in [1.807, 2.05) is 32.2 Å². The van der Waals surface area contributed by atoms with Crippen LogP contribution in [0.5, 0.6) is 0 Å². The molecule has 1 aromatic carbocycles. The largest absolute Gasteiger partial charge is 0.314 e. The molecule has 1 N–H and O–H groups in total. The van der Waals surface area contributed by atoms with Crippen LogP contribution in [0.4, 0.5) is 0 Å². The summed E-state index contributed by atoms with van der Waals surface area (Å²) >= 11 is 0. The van der Waals surface area contributed by atoms with Gasteiger partial charge in [0.25, 0.3) is 0 Å². The lowest BCUT2D eigenvalue weighted by Gasteiger charge is -2.02. The normalized spacial score (nSPS) is 10.5. The first-order valence-electron chi connectivity index (χ1n) is 5.06. The highest BCUT2D eigenvalue weighted by Crippen LogP contribution is 2.11. The average molecular weight is 201 g/mol. The summed E-state index contributed by atoms with van der Waals surface area (Å²) in [5.74, 6) is 1.02. The van der Waals surface area contributed by atoms with Crippen molar-refractivity contribution < 1.29 is 0 Å². The Bertz CT molecular complexity index is 431. The van der Waals surface area contributed by atoms with E-state index >= 15 is 0 Å². The molecule has 0 aliphatic rings. The predicted molar refractivity (Wildman–Crippen MR) is 61.1 cm³/mol. The Hall–Kier alpha value is -1.61. The maximum atomic E-state index is 4.48. The fourth-order valence-corrected chi connectivity index (χ4v) is 1.65. The van der Waals surface area contributed by atoms with E-state index in [2.05, 4.69) is 33.2 Å². The number of rotatable bonds is 3. The first-order chi connectivity index (χ1) is 7.31. The molecule has 0 fully saturated rings. The van der Waals surface area contributed by atoms with Crippen LogP contribution in [0.2, 0.25) is 0 Å². The van der Waals surface area contributed by atoms with Crippen LogP contribution in [0, 0.1) is 6.92 Å². The number of hydrogen-bond acceptors (Lipinski definition) is 2. The highest BCUT2D eigenvalue weighted by Gasteiger charge is 2.04. The monoisotopic (exact) mass is 201 g/mol. The summed E-state index contributed by atoms with van der Waals surface area (Å²) in [7, 11) is 1.93. The number of para-hydroxylation sites is 1. The van der Waals surface area contributed by atoms with E-state index in [0.29, 0.717) is 0 Å². The first-order valence-corrected chi connectivity index (χ1v) is 5.06. The van der Waals surface area contributed by atoms with Crippen LogP contribution in [0.25, 0.3) is 5.69 Å². The molecule has 0 saturated heterocycles. The van der Waals surface area contributed by atoms with Crippen molar-refractivity contribution in [1.82, 2.24) is 14.9 Å². The van der Waals surface area contributed by atoms with Gasteiger partial charge in [-0.25, -0.2) is 4.98 Å². The quantitative estimate of drug-likeness (QED) is 0.822. The van der Waals surface area contributed by atoms with Gasteiger partial charge in [0.05, 0.1) is 5.69 Å². The van der Waals surface area contributed by atoms with Crippen LogP contribution in [-0.2, 0) is 6.54 Å². The minimum atomic E-state index is 0.806. The van der Waals surface area contributed by atoms with Crippen LogP contribution in [0.15, 0.2) is 36.5 Å². The second kappa shape index (κ2) is 4.28. The van der Waals surface area contributed by atoms with Gasteiger partial charge in [-0.05, 0) is 26.1 Å². The highest BCUT2D eigenvalue weighted by molar-refractivity contribution is 5.33. The molecule has 0 saturated carbocycles. The van der Waals surface area contributed by atoms with Gasteiger partial charge >= 0.3 is 0 Å². The van der Waals surface area contributed by atoms with Crippen molar-refractivity contribution in [2.75, 3.05) is 7.05 Å². The maximum Gasteiger partial charge on any atom is 0.110 e. The fourth-order valence-electron chi connectivity index (χ4n) is 1.65. The van der Waals surface area contributed by atoms with E-state index in [-0.39, 0.29) is 0 Å². The van der Waals surface area contributed by atoms with Crippen molar-refractivity contribution in [3.63, 3.8) is 0 Å². The highest BCUT2D eigenvalue weighted by atomic mass is 15.1. The molecule has 0 aliphatic heterocycles. The Balaban J connectivity index is 2.36. The molecule has 78 valence electrons. The smallest absolute Gasteiger partial charge is 0.110 e. The van der Waals surface area contributed by atoms with Crippen molar-refractivity contribution in [1.29, 1.82) is 0 Å². The molecule has 0 unspecified atom stereocenters. The Labute approximate surface area is 89.8 Å². The van der Waals surface area contributed by atoms with E-state index in [9.17, 15) is 0 Å². The van der Waals surface area contributed by atoms with Crippen molar-refractivity contribution in [2.45, 2.75) is 13.5 Å². The van der Waals surface area contributed by atoms with Gasteiger partial charge in [0.2, 0.25) is 0 Å². The second-order valence-electron chi connectivity index (χ2n) is 3.52. The van der Waals surface area contributed by atoms with Gasteiger partial charge in [0.15, 0.2) is 0 Å². The van der Waals surface area contributed by atoms with Crippen LogP contribution >= 0.6 is 0 Å². The number of benzene rings is 1. The lowest BCUT2D eigenvalue weighted by molar-refractivity contribution is 0.795. The molecule has 2 aromatic rings. The molecule has 0 amide bonds. The number of imidazole rings is 1. The van der Waals surface area contributed by atoms with Gasteiger partial charge in [0.1, 0.15) is 5.82 Å². The van der Waals surface area contributed by atoms with Crippen molar-refractivity contribution >= 4 is 0 Å². The van der Waals surface area contributed by atoms with Gasteiger partial charge in [-0.3, -0.25) is 0 Å². The minimum absolute atomic E-state index is 0.806. The lowest BCUT2D eigenvalue weighted by atomic mass is 10.3. The van der Waals surface area contributed by atoms with E-state index in [0.717, 1.165) is 23.8 Å². The zero-order chi connectivity index (χ0) is 10.7. The van der Waals surface area contributed by atoms with E-state index < -0.39 is 0 Å². The SMILES string of the molecule is CNCc1cn(-c2ccccc2)c(C)n1. The van der Waals surface area contributed by atoms with Crippen LogP contribution < -0.4 is 5.32 Å². The minimum Gasteiger partial charge on any atom is -0.314 e. The summed E-state index contributed by atoms with van der Waals surface area (Å²) in [6.07, 6.45) is 2.07. The van der Waals surface area contributed by atoms with Crippen LogP contribution in [0.1, 0.15) is 11.5 Å². The van der Waals surface area contributed by atoms with E-state index in [1.54, 1.807) is 0 Å². The molecule has 0 spiro atoms.